The molecule has 1 fully saturated rings. The van der Waals surface area contributed by atoms with Gasteiger partial charge in [0.25, 0.3) is 0 Å². The summed E-state index contributed by atoms with van der Waals surface area (Å²) >= 11 is 5.78. The highest BCUT2D eigenvalue weighted by atomic mass is 32.1. The van der Waals surface area contributed by atoms with Crippen molar-refractivity contribution in [2.45, 2.75) is 31.8 Å². The smallest absolute Gasteiger partial charge is 0.226 e. The molecule has 0 aliphatic carbocycles. The Bertz CT molecular complexity index is 1340. The number of rotatable bonds is 8. The predicted octanol–water partition coefficient (Wildman–Crippen LogP) is 4.83. The van der Waals surface area contributed by atoms with Crippen molar-refractivity contribution < 1.29 is 4.79 Å². The quantitative estimate of drug-likeness (QED) is 0.340. The molecule has 2 N–H and O–H groups in total. The average Bonchev–Trinajstić information content (AvgIpc) is 3.53. The lowest BCUT2D eigenvalue weighted by Crippen LogP contribution is -2.33. The second-order valence-electron chi connectivity index (χ2n) is 8.62. The summed E-state index contributed by atoms with van der Waals surface area (Å²) in [7, 11) is 0. The van der Waals surface area contributed by atoms with Crippen molar-refractivity contribution in [1.29, 1.82) is 0 Å². The van der Waals surface area contributed by atoms with Crippen LogP contribution in [0.5, 0.6) is 0 Å². The fourth-order valence-corrected chi connectivity index (χ4v) is 5.02. The number of carbonyl (C=O) groups is 1. The Kier molecular flexibility index (Phi) is 7.04. The van der Waals surface area contributed by atoms with Crippen LogP contribution in [-0.4, -0.2) is 37.0 Å². The van der Waals surface area contributed by atoms with Crippen molar-refractivity contribution >= 4 is 28.9 Å². The maximum Gasteiger partial charge on any atom is 0.226 e. The van der Waals surface area contributed by atoms with Gasteiger partial charge in [0.05, 0.1) is 17.8 Å². The first kappa shape index (κ1) is 23.7. The summed E-state index contributed by atoms with van der Waals surface area (Å²) in [6, 6.07) is 23.4. The minimum atomic E-state index is -0.167. The molecule has 1 aliphatic rings. The van der Waals surface area contributed by atoms with E-state index in [2.05, 4.69) is 43.1 Å². The van der Waals surface area contributed by atoms with Crippen molar-refractivity contribution in [2.75, 3.05) is 11.9 Å². The maximum atomic E-state index is 12.9. The molecule has 1 amide bonds. The Balaban J connectivity index is 1.43. The number of aromatic nitrogens is 3. The van der Waals surface area contributed by atoms with Crippen LogP contribution in [0.3, 0.4) is 0 Å². The van der Waals surface area contributed by atoms with Crippen LogP contribution >= 0.6 is 12.2 Å². The summed E-state index contributed by atoms with van der Waals surface area (Å²) in [5, 5.41) is 7.13. The number of nitrogens with one attached hydrogen (secondary N) is 2. The first-order chi connectivity index (χ1) is 17.7. The van der Waals surface area contributed by atoms with E-state index in [-0.39, 0.29) is 18.0 Å². The summed E-state index contributed by atoms with van der Waals surface area (Å²) in [5.74, 6) is 0.780. The number of aryl methyl sites for hydroxylation is 1. The molecule has 182 valence electrons. The van der Waals surface area contributed by atoms with E-state index in [1.807, 2.05) is 72.9 Å². The molecule has 0 bridgehead atoms. The monoisotopic (exact) mass is 496 g/mol. The highest BCUT2D eigenvalue weighted by Gasteiger charge is 2.41. The maximum absolute atomic E-state index is 12.9. The number of carbonyl (C=O) groups excluding carboxylic acids is 1. The minimum absolute atomic E-state index is 0.0427. The van der Waals surface area contributed by atoms with Crippen LogP contribution in [0.4, 0.5) is 5.69 Å². The van der Waals surface area contributed by atoms with Crippen LogP contribution in [0.2, 0.25) is 0 Å². The molecule has 0 radical (unpaired) electrons. The number of benzene rings is 1. The van der Waals surface area contributed by atoms with Crippen molar-refractivity contribution in [3.8, 4) is 5.82 Å². The summed E-state index contributed by atoms with van der Waals surface area (Å²) in [6.45, 7) is 2.55. The summed E-state index contributed by atoms with van der Waals surface area (Å²) in [6.07, 6.45) is 6.73. The van der Waals surface area contributed by atoms with Crippen molar-refractivity contribution in [1.82, 2.24) is 24.8 Å². The molecule has 0 unspecified atom stereocenters. The molecule has 0 saturated carbocycles. The van der Waals surface area contributed by atoms with E-state index in [1.54, 1.807) is 12.4 Å². The normalized spacial score (nSPS) is 17.1. The van der Waals surface area contributed by atoms with Gasteiger partial charge in [0.15, 0.2) is 5.11 Å². The zero-order chi connectivity index (χ0) is 24.9. The van der Waals surface area contributed by atoms with E-state index in [9.17, 15) is 4.79 Å². The number of thiocarbonyl (C=S) groups is 1. The van der Waals surface area contributed by atoms with Gasteiger partial charge in [-0.25, -0.2) is 4.98 Å². The van der Waals surface area contributed by atoms with Crippen LogP contribution in [0.25, 0.3) is 5.82 Å². The van der Waals surface area contributed by atoms with Gasteiger partial charge in [0, 0.05) is 42.9 Å². The molecule has 3 aromatic heterocycles. The number of nitrogens with zero attached hydrogens (tertiary/aromatic N) is 4. The molecule has 8 heteroatoms. The first-order valence-electron chi connectivity index (χ1n) is 12.1. The molecule has 1 aromatic carbocycles. The molecular formula is C28H28N6OS. The van der Waals surface area contributed by atoms with E-state index in [0.717, 1.165) is 34.9 Å². The fourth-order valence-electron chi connectivity index (χ4n) is 4.69. The molecule has 1 aliphatic heterocycles. The number of amides is 1. The van der Waals surface area contributed by atoms with Crippen LogP contribution in [0.15, 0.2) is 91.4 Å². The molecule has 4 heterocycles. The van der Waals surface area contributed by atoms with Gasteiger partial charge in [-0.1, -0.05) is 37.3 Å². The topological polar surface area (TPSA) is 75.1 Å². The Morgan fingerprint density at radius 2 is 1.78 bits per heavy atom. The highest BCUT2D eigenvalue weighted by Crippen LogP contribution is 2.39. The van der Waals surface area contributed by atoms with E-state index >= 15 is 0 Å². The lowest BCUT2D eigenvalue weighted by Gasteiger charge is -2.28. The van der Waals surface area contributed by atoms with Gasteiger partial charge in [-0.15, -0.1) is 0 Å². The first-order valence-corrected chi connectivity index (χ1v) is 12.5. The van der Waals surface area contributed by atoms with Gasteiger partial charge in [-0.05, 0) is 66.7 Å². The molecule has 1 saturated heterocycles. The molecule has 5 rings (SSSR count). The van der Waals surface area contributed by atoms with Gasteiger partial charge in [0.1, 0.15) is 5.82 Å². The number of pyridine rings is 2. The number of hydrogen-bond donors (Lipinski definition) is 2. The molecule has 2 atom stereocenters. The molecule has 4 aromatic rings. The van der Waals surface area contributed by atoms with Gasteiger partial charge < -0.3 is 20.1 Å². The van der Waals surface area contributed by atoms with Gasteiger partial charge in [-0.2, -0.15) is 0 Å². The van der Waals surface area contributed by atoms with E-state index in [4.69, 9.17) is 12.2 Å². The summed E-state index contributed by atoms with van der Waals surface area (Å²) < 4.78 is 2.07. The van der Waals surface area contributed by atoms with Crippen molar-refractivity contribution in [3.05, 3.63) is 108 Å². The third kappa shape index (κ3) is 4.85. The molecular weight excluding hydrogens is 468 g/mol. The van der Waals surface area contributed by atoms with Gasteiger partial charge in [-0.3, -0.25) is 9.78 Å². The summed E-state index contributed by atoms with van der Waals surface area (Å²) in [5.41, 5.74) is 3.89. The third-order valence-corrected chi connectivity index (χ3v) is 6.78. The van der Waals surface area contributed by atoms with E-state index in [0.29, 0.717) is 18.1 Å². The zero-order valence-corrected chi connectivity index (χ0v) is 20.9. The van der Waals surface area contributed by atoms with Gasteiger partial charge >= 0.3 is 0 Å². The number of hydrogen-bond acceptors (Lipinski definition) is 4. The van der Waals surface area contributed by atoms with Crippen LogP contribution < -0.4 is 10.6 Å². The molecule has 36 heavy (non-hydrogen) atoms. The zero-order valence-electron chi connectivity index (χ0n) is 20.0. The van der Waals surface area contributed by atoms with Crippen molar-refractivity contribution in [3.63, 3.8) is 0 Å². The van der Waals surface area contributed by atoms with E-state index < -0.39 is 0 Å². The largest absolute Gasteiger partial charge is 0.352 e. The number of para-hydroxylation sites is 1. The standard InChI is InChI=1S/C28H28N6OS/c1-2-20-10-3-4-11-21(20)31-25(35)15-19-34-27(26(32-28(34)36)22-12-5-7-16-29-22)23-13-9-18-33(23)24-14-6-8-17-30-24/h3-14,16-18,26-27H,2,15,19H2,1H3,(H,31,35)(H,32,36)/t26-,27+/m1/s1. The Morgan fingerprint density at radius 3 is 2.53 bits per heavy atom. The number of anilines is 1. The fraction of sp³-hybridized carbons (Fsp3) is 0.214. The van der Waals surface area contributed by atoms with Crippen LogP contribution in [0.1, 0.15) is 42.4 Å². The minimum Gasteiger partial charge on any atom is -0.352 e. The lowest BCUT2D eigenvalue weighted by molar-refractivity contribution is -0.116. The SMILES string of the molecule is CCc1ccccc1NC(=O)CCN1C(=S)N[C@H](c2ccccn2)[C@@H]1c1cccn1-c1ccccn1. The van der Waals surface area contributed by atoms with Crippen molar-refractivity contribution in [2.24, 2.45) is 0 Å². The second kappa shape index (κ2) is 10.7. The molecule has 0 spiro atoms. The Hall–Kier alpha value is -4.04. The Morgan fingerprint density at radius 1 is 1.00 bits per heavy atom. The van der Waals surface area contributed by atoms with E-state index in [1.165, 1.54) is 0 Å². The highest BCUT2D eigenvalue weighted by molar-refractivity contribution is 7.80. The second-order valence-corrected chi connectivity index (χ2v) is 9.01. The lowest BCUT2D eigenvalue weighted by atomic mass is 10.0. The van der Waals surface area contributed by atoms with Crippen LogP contribution in [0, 0.1) is 0 Å². The predicted molar refractivity (Wildman–Crippen MR) is 145 cm³/mol. The average molecular weight is 497 g/mol. The van der Waals surface area contributed by atoms with Gasteiger partial charge in [0.2, 0.25) is 5.91 Å². The summed E-state index contributed by atoms with van der Waals surface area (Å²) in [4.78, 5) is 24.2. The Labute approximate surface area is 216 Å². The molecule has 7 nitrogen and oxygen atoms in total. The third-order valence-electron chi connectivity index (χ3n) is 6.43. The van der Waals surface area contributed by atoms with Crippen LogP contribution in [-0.2, 0) is 11.2 Å².